The van der Waals surface area contributed by atoms with E-state index in [1.54, 1.807) is 0 Å². The highest BCUT2D eigenvalue weighted by atomic mass is 15.1. The molecule has 0 saturated heterocycles. The first kappa shape index (κ1) is 31.6. The predicted octanol–water partition coefficient (Wildman–Crippen LogP) is 14.4. The molecule has 2 nitrogen and oxygen atoms in total. The molecule has 0 saturated carbocycles. The Morgan fingerprint density at radius 1 is 0.315 bits per heavy atom. The molecule has 0 unspecified atom stereocenters. The lowest BCUT2D eigenvalue weighted by molar-refractivity contribution is 1.17. The maximum absolute atomic E-state index is 2.42. The Morgan fingerprint density at radius 2 is 0.870 bits per heavy atom. The van der Waals surface area contributed by atoms with Crippen LogP contribution >= 0.6 is 0 Å². The van der Waals surface area contributed by atoms with E-state index in [-0.39, 0.29) is 0 Å². The highest BCUT2D eigenvalue weighted by Crippen LogP contribution is 2.44. The van der Waals surface area contributed by atoms with Crippen LogP contribution in [0.4, 0.5) is 17.1 Å². The van der Waals surface area contributed by atoms with Gasteiger partial charge in [-0.25, -0.2) is 0 Å². The average molecular weight is 689 g/mol. The van der Waals surface area contributed by atoms with E-state index >= 15 is 0 Å². The Bertz CT molecular complexity index is 2860. The molecule has 10 rings (SSSR count). The first-order valence-corrected chi connectivity index (χ1v) is 18.5. The van der Waals surface area contributed by atoms with Gasteiger partial charge in [-0.1, -0.05) is 164 Å². The van der Waals surface area contributed by atoms with E-state index < -0.39 is 0 Å². The molecule has 2 heteroatoms. The molecule has 0 N–H and O–H groups in total. The second-order valence-electron chi connectivity index (χ2n) is 13.8. The van der Waals surface area contributed by atoms with Crippen molar-refractivity contribution in [2.45, 2.75) is 0 Å². The molecule has 9 aromatic carbocycles. The van der Waals surface area contributed by atoms with E-state index in [2.05, 4.69) is 228 Å². The molecule has 0 atom stereocenters. The third-order valence-corrected chi connectivity index (χ3v) is 10.6. The Morgan fingerprint density at radius 3 is 1.59 bits per heavy atom. The number of aromatic nitrogens is 1. The van der Waals surface area contributed by atoms with Gasteiger partial charge in [0.05, 0.1) is 16.7 Å². The van der Waals surface area contributed by atoms with Gasteiger partial charge in [0.25, 0.3) is 0 Å². The van der Waals surface area contributed by atoms with Crippen LogP contribution < -0.4 is 4.90 Å². The Hall–Kier alpha value is -7.16. The minimum absolute atomic E-state index is 1.09. The zero-order chi connectivity index (χ0) is 35.8. The summed E-state index contributed by atoms with van der Waals surface area (Å²) >= 11 is 0. The van der Waals surface area contributed by atoms with E-state index in [4.69, 9.17) is 0 Å². The van der Waals surface area contributed by atoms with E-state index in [9.17, 15) is 0 Å². The minimum Gasteiger partial charge on any atom is -0.310 e. The minimum atomic E-state index is 1.09. The summed E-state index contributed by atoms with van der Waals surface area (Å²) in [5.41, 5.74) is 13.9. The number of anilines is 3. The number of para-hydroxylation sites is 2. The normalized spacial score (nSPS) is 11.3. The monoisotopic (exact) mass is 688 g/mol. The SMILES string of the molecule is c1ccc(-c2ccc(N(c3cccc(-c4cccc5ccccc45)c3)c3ccc(-n4c5ccccc5c5ccccc54)cc3-c3ccccc3)cc2)cc1. The lowest BCUT2D eigenvalue weighted by Gasteiger charge is -2.29. The Labute approximate surface area is 315 Å². The van der Waals surface area contributed by atoms with Crippen molar-refractivity contribution >= 4 is 49.6 Å². The van der Waals surface area contributed by atoms with Crippen molar-refractivity contribution < 1.29 is 0 Å². The van der Waals surface area contributed by atoms with Crippen LogP contribution in [-0.4, -0.2) is 4.57 Å². The van der Waals surface area contributed by atoms with Gasteiger partial charge >= 0.3 is 0 Å². The van der Waals surface area contributed by atoms with Gasteiger partial charge in [0.15, 0.2) is 0 Å². The van der Waals surface area contributed by atoms with E-state index in [0.717, 1.165) is 33.9 Å². The highest BCUT2D eigenvalue weighted by molar-refractivity contribution is 6.09. The second-order valence-corrected chi connectivity index (χ2v) is 13.8. The highest BCUT2D eigenvalue weighted by Gasteiger charge is 2.21. The van der Waals surface area contributed by atoms with Crippen molar-refractivity contribution in [3.63, 3.8) is 0 Å². The van der Waals surface area contributed by atoms with Gasteiger partial charge < -0.3 is 9.47 Å². The van der Waals surface area contributed by atoms with Crippen LogP contribution in [0.15, 0.2) is 218 Å². The third kappa shape index (κ3) is 5.53. The number of benzene rings is 9. The molecule has 0 aliphatic carbocycles. The summed E-state index contributed by atoms with van der Waals surface area (Å²) in [5.74, 6) is 0. The summed E-state index contributed by atoms with van der Waals surface area (Å²) in [7, 11) is 0. The lowest BCUT2D eigenvalue weighted by Crippen LogP contribution is -2.12. The molecule has 0 amide bonds. The van der Waals surface area contributed by atoms with Gasteiger partial charge in [-0.15, -0.1) is 0 Å². The maximum atomic E-state index is 2.42. The molecular weight excluding hydrogens is 653 g/mol. The van der Waals surface area contributed by atoms with Crippen LogP contribution in [0.2, 0.25) is 0 Å². The van der Waals surface area contributed by atoms with Crippen molar-refractivity contribution in [2.75, 3.05) is 4.90 Å². The van der Waals surface area contributed by atoms with Gasteiger partial charge in [0.2, 0.25) is 0 Å². The van der Waals surface area contributed by atoms with Crippen molar-refractivity contribution in [3.8, 4) is 39.1 Å². The first-order valence-electron chi connectivity index (χ1n) is 18.5. The number of hydrogen-bond acceptors (Lipinski definition) is 1. The zero-order valence-corrected chi connectivity index (χ0v) is 29.7. The van der Waals surface area contributed by atoms with E-state index in [1.165, 1.54) is 54.8 Å². The van der Waals surface area contributed by atoms with E-state index in [1.807, 2.05) is 0 Å². The van der Waals surface area contributed by atoms with Gasteiger partial charge in [0, 0.05) is 33.4 Å². The van der Waals surface area contributed by atoms with Gasteiger partial charge in [0.1, 0.15) is 0 Å². The van der Waals surface area contributed by atoms with Crippen LogP contribution in [0.5, 0.6) is 0 Å². The lowest BCUT2D eigenvalue weighted by atomic mass is 9.97. The molecule has 1 aromatic heterocycles. The third-order valence-electron chi connectivity index (χ3n) is 10.6. The quantitative estimate of drug-likeness (QED) is 0.162. The Balaban J connectivity index is 1.20. The van der Waals surface area contributed by atoms with Crippen LogP contribution in [0.3, 0.4) is 0 Å². The zero-order valence-electron chi connectivity index (χ0n) is 29.7. The van der Waals surface area contributed by atoms with Crippen LogP contribution in [0.1, 0.15) is 0 Å². The molecule has 0 aliphatic heterocycles. The summed E-state index contributed by atoms with van der Waals surface area (Å²) in [4.78, 5) is 2.42. The first-order chi connectivity index (χ1) is 26.8. The fraction of sp³-hybridized carbons (Fsp3) is 0. The largest absolute Gasteiger partial charge is 0.310 e. The second kappa shape index (κ2) is 13.4. The maximum Gasteiger partial charge on any atom is 0.0541 e. The van der Waals surface area contributed by atoms with Crippen molar-refractivity contribution in [2.24, 2.45) is 0 Å². The van der Waals surface area contributed by atoms with Crippen molar-refractivity contribution in [1.29, 1.82) is 0 Å². The number of hydrogen-bond donors (Lipinski definition) is 0. The number of fused-ring (bicyclic) bond motifs is 4. The summed E-state index contributed by atoms with van der Waals surface area (Å²) in [5, 5.41) is 4.99. The Kier molecular flexibility index (Phi) is 7.85. The fourth-order valence-electron chi connectivity index (χ4n) is 8.06. The molecule has 0 spiro atoms. The predicted molar refractivity (Wildman–Crippen MR) is 229 cm³/mol. The van der Waals surface area contributed by atoms with Gasteiger partial charge in [-0.3, -0.25) is 0 Å². The molecular formula is C52H36N2. The number of nitrogens with zero attached hydrogens (tertiary/aromatic N) is 2. The topological polar surface area (TPSA) is 8.17 Å². The summed E-state index contributed by atoms with van der Waals surface area (Å²) in [6.45, 7) is 0. The summed E-state index contributed by atoms with van der Waals surface area (Å²) in [6, 6.07) is 79.0. The molecule has 0 radical (unpaired) electrons. The molecule has 10 aromatic rings. The average Bonchev–Trinajstić information content (AvgIpc) is 3.59. The summed E-state index contributed by atoms with van der Waals surface area (Å²) < 4.78 is 2.40. The van der Waals surface area contributed by atoms with Crippen LogP contribution in [0.25, 0.3) is 71.6 Å². The fourth-order valence-corrected chi connectivity index (χ4v) is 8.06. The standard InChI is InChI=1S/C52H36N2/c1-3-15-37(16-4-1)38-29-31-42(32-30-38)53(43-22-13-21-41(35-43)46-26-14-20-39-19-7-8-23-45(39)46)52-34-33-44(36-49(52)40-17-5-2-6-18-40)54-50-27-11-9-24-47(50)48-25-10-12-28-51(48)54/h1-36H. The van der Waals surface area contributed by atoms with Crippen LogP contribution in [-0.2, 0) is 0 Å². The molecule has 54 heavy (non-hydrogen) atoms. The molecule has 0 bridgehead atoms. The van der Waals surface area contributed by atoms with Crippen molar-refractivity contribution in [1.82, 2.24) is 4.57 Å². The molecule has 254 valence electrons. The molecule has 1 heterocycles. The number of rotatable bonds is 7. The van der Waals surface area contributed by atoms with Crippen molar-refractivity contribution in [3.05, 3.63) is 218 Å². The molecule has 0 aliphatic rings. The molecule has 0 fully saturated rings. The van der Waals surface area contributed by atoms with Crippen LogP contribution in [0, 0.1) is 0 Å². The van der Waals surface area contributed by atoms with Gasteiger partial charge in [-0.05, 0) is 93.2 Å². The van der Waals surface area contributed by atoms with Gasteiger partial charge in [-0.2, -0.15) is 0 Å². The van der Waals surface area contributed by atoms with E-state index in [0.29, 0.717) is 0 Å². The summed E-state index contributed by atoms with van der Waals surface area (Å²) in [6.07, 6.45) is 0. The smallest absolute Gasteiger partial charge is 0.0541 e.